The minimum absolute atomic E-state index is 0.0700. The fourth-order valence-electron chi connectivity index (χ4n) is 3.27. The molecule has 164 valence electrons. The number of nitrogens with zero attached hydrogens (tertiary/aromatic N) is 2. The van der Waals surface area contributed by atoms with Crippen molar-refractivity contribution >= 4 is 16.9 Å². The summed E-state index contributed by atoms with van der Waals surface area (Å²) < 4.78 is 36.5. The Morgan fingerprint density at radius 1 is 0.938 bits per heavy atom. The van der Waals surface area contributed by atoms with Crippen LogP contribution >= 0.6 is 0 Å². The molecule has 1 amide bonds. The van der Waals surface area contributed by atoms with Gasteiger partial charge in [0.25, 0.3) is 0 Å². The summed E-state index contributed by atoms with van der Waals surface area (Å²) in [5.41, 5.74) is 2.38. The van der Waals surface area contributed by atoms with Crippen LogP contribution < -0.4 is 14.8 Å². The van der Waals surface area contributed by atoms with Crippen LogP contribution in [-0.2, 0) is 24.5 Å². The average Bonchev–Trinajstić information content (AvgIpc) is 3.15. The van der Waals surface area contributed by atoms with Gasteiger partial charge in [-0.05, 0) is 42.0 Å². The molecular formula is C24H21F2N3O3. The SMILES string of the molecule is O=C(Cn1c(COc2ccccc2)nc2ccccc21)NCc1ccc(OC(F)F)cc1. The third-order valence-electron chi connectivity index (χ3n) is 4.78. The molecule has 0 aliphatic carbocycles. The zero-order valence-electron chi connectivity index (χ0n) is 17.1. The third-order valence-corrected chi connectivity index (χ3v) is 4.78. The van der Waals surface area contributed by atoms with Crippen molar-refractivity contribution in [2.45, 2.75) is 26.3 Å². The van der Waals surface area contributed by atoms with E-state index in [4.69, 9.17) is 4.74 Å². The van der Waals surface area contributed by atoms with Gasteiger partial charge in [-0.15, -0.1) is 0 Å². The topological polar surface area (TPSA) is 65.4 Å². The summed E-state index contributed by atoms with van der Waals surface area (Å²) in [5, 5.41) is 2.85. The maximum atomic E-state index is 12.6. The molecule has 3 aromatic carbocycles. The van der Waals surface area contributed by atoms with E-state index in [-0.39, 0.29) is 31.4 Å². The first-order valence-electron chi connectivity index (χ1n) is 10.0. The van der Waals surface area contributed by atoms with Gasteiger partial charge in [0, 0.05) is 6.54 Å². The number of ether oxygens (including phenoxy) is 2. The van der Waals surface area contributed by atoms with Gasteiger partial charge < -0.3 is 19.4 Å². The van der Waals surface area contributed by atoms with Crippen molar-refractivity contribution in [1.82, 2.24) is 14.9 Å². The van der Waals surface area contributed by atoms with Gasteiger partial charge in [-0.1, -0.05) is 42.5 Å². The van der Waals surface area contributed by atoms with Crippen molar-refractivity contribution in [3.05, 3.63) is 90.3 Å². The lowest BCUT2D eigenvalue weighted by Crippen LogP contribution is -2.28. The third kappa shape index (κ3) is 5.40. The van der Waals surface area contributed by atoms with Gasteiger partial charge in [-0.25, -0.2) is 4.98 Å². The van der Waals surface area contributed by atoms with E-state index in [9.17, 15) is 13.6 Å². The quantitative estimate of drug-likeness (QED) is 0.418. The first-order valence-corrected chi connectivity index (χ1v) is 10.0. The molecule has 0 radical (unpaired) electrons. The summed E-state index contributed by atoms with van der Waals surface area (Å²) in [6.07, 6.45) is 0. The number of hydrogen-bond donors (Lipinski definition) is 1. The van der Waals surface area contributed by atoms with Crippen LogP contribution in [0.1, 0.15) is 11.4 Å². The highest BCUT2D eigenvalue weighted by Crippen LogP contribution is 2.19. The van der Waals surface area contributed by atoms with E-state index in [2.05, 4.69) is 15.0 Å². The number of rotatable bonds is 9. The Balaban J connectivity index is 1.42. The number of imidazole rings is 1. The van der Waals surface area contributed by atoms with Crippen LogP contribution in [0.4, 0.5) is 8.78 Å². The van der Waals surface area contributed by atoms with E-state index in [0.29, 0.717) is 5.82 Å². The van der Waals surface area contributed by atoms with Gasteiger partial charge in [0.15, 0.2) is 0 Å². The number of hydrogen-bond acceptors (Lipinski definition) is 4. The smallest absolute Gasteiger partial charge is 0.387 e. The molecule has 0 bridgehead atoms. The van der Waals surface area contributed by atoms with Crippen molar-refractivity contribution in [2.24, 2.45) is 0 Å². The molecule has 0 saturated carbocycles. The fraction of sp³-hybridized carbons (Fsp3) is 0.167. The lowest BCUT2D eigenvalue weighted by atomic mass is 10.2. The van der Waals surface area contributed by atoms with Gasteiger partial charge in [0.2, 0.25) is 5.91 Å². The molecule has 0 fully saturated rings. The second-order valence-corrected chi connectivity index (χ2v) is 7.00. The molecule has 8 heteroatoms. The molecule has 0 saturated heterocycles. The maximum absolute atomic E-state index is 12.6. The summed E-state index contributed by atoms with van der Waals surface area (Å²) in [4.78, 5) is 17.3. The predicted molar refractivity (Wildman–Crippen MR) is 115 cm³/mol. The Morgan fingerprint density at radius 3 is 2.41 bits per heavy atom. The van der Waals surface area contributed by atoms with Crippen LogP contribution in [0.3, 0.4) is 0 Å². The molecule has 1 heterocycles. The molecule has 1 aromatic heterocycles. The number of para-hydroxylation sites is 3. The predicted octanol–water partition coefficient (Wildman–Crippen LogP) is 4.53. The molecule has 4 aromatic rings. The van der Waals surface area contributed by atoms with E-state index in [1.54, 1.807) is 12.1 Å². The Labute approximate surface area is 183 Å². The largest absolute Gasteiger partial charge is 0.486 e. The molecule has 0 unspecified atom stereocenters. The van der Waals surface area contributed by atoms with Crippen molar-refractivity contribution in [1.29, 1.82) is 0 Å². The van der Waals surface area contributed by atoms with E-state index < -0.39 is 6.61 Å². The highest BCUT2D eigenvalue weighted by Gasteiger charge is 2.14. The van der Waals surface area contributed by atoms with Crippen LogP contribution in [0.5, 0.6) is 11.5 Å². The summed E-state index contributed by atoms with van der Waals surface area (Å²) in [6, 6.07) is 23.1. The second kappa shape index (κ2) is 9.91. The van der Waals surface area contributed by atoms with Crippen LogP contribution in [0.15, 0.2) is 78.9 Å². The number of halogens is 2. The van der Waals surface area contributed by atoms with E-state index >= 15 is 0 Å². The first-order chi connectivity index (χ1) is 15.6. The standard InChI is InChI=1S/C24H21F2N3O3/c25-24(26)32-19-12-10-17(11-13-19)14-27-23(30)15-29-21-9-5-4-8-20(21)28-22(29)16-31-18-6-2-1-3-7-18/h1-13,24H,14-16H2,(H,27,30). The zero-order valence-corrected chi connectivity index (χ0v) is 17.1. The van der Waals surface area contributed by atoms with Crippen molar-refractivity contribution in [3.8, 4) is 11.5 Å². The van der Waals surface area contributed by atoms with Crippen molar-refractivity contribution < 1.29 is 23.0 Å². The van der Waals surface area contributed by atoms with Crippen molar-refractivity contribution in [3.63, 3.8) is 0 Å². The number of aromatic nitrogens is 2. The molecule has 4 rings (SSSR count). The summed E-state index contributed by atoms with van der Waals surface area (Å²) in [5.74, 6) is 1.22. The zero-order chi connectivity index (χ0) is 22.3. The number of carbonyl (C=O) groups is 1. The van der Waals surface area contributed by atoms with E-state index in [1.807, 2.05) is 59.2 Å². The molecule has 0 aliphatic heterocycles. The number of benzene rings is 3. The average molecular weight is 437 g/mol. The summed E-state index contributed by atoms with van der Waals surface area (Å²) in [6.45, 7) is -2.32. The molecule has 0 aliphatic rings. The Hall–Kier alpha value is -3.94. The van der Waals surface area contributed by atoms with E-state index in [1.165, 1.54) is 12.1 Å². The van der Waals surface area contributed by atoms with Crippen LogP contribution in [0.25, 0.3) is 11.0 Å². The van der Waals surface area contributed by atoms with E-state index in [0.717, 1.165) is 22.3 Å². The number of carbonyl (C=O) groups excluding carboxylic acids is 1. The molecule has 32 heavy (non-hydrogen) atoms. The maximum Gasteiger partial charge on any atom is 0.387 e. The van der Waals surface area contributed by atoms with Crippen molar-refractivity contribution in [2.75, 3.05) is 0 Å². The number of amides is 1. The highest BCUT2D eigenvalue weighted by atomic mass is 19.3. The number of alkyl halides is 2. The monoisotopic (exact) mass is 437 g/mol. The molecule has 0 atom stereocenters. The van der Waals surface area contributed by atoms with Gasteiger partial charge in [-0.3, -0.25) is 4.79 Å². The summed E-state index contributed by atoms with van der Waals surface area (Å²) >= 11 is 0. The van der Waals surface area contributed by atoms with Gasteiger partial charge in [0.05, 0.1) is 11.0 Å². The minimum atomic E-state index is -2.87. The molecule has 6 nitrogen and oxygen atoms in total. The van der Waals surface area contributed by atoms with Crippen LogP contribution in [0.2, 0.25) is 0 Å². The lowest BCUT2D eigenvalue weighted by molar-refractivity contribution is -0.121. The number of fused-ring (bicyclic) bond motifs is 1. The fourth-order valence-corrected chi connectivity index (χ4v) is 3.27. The minimum Gasteiger partial charge on any atom is -0.486 e. The first kappa shape index (κ1) is 21.3. The van der Waals surface area contributed by atoms with Crippen LogP contribution in [0, 0.1) is 0 Å². The molecule has 1 N–H and O–H groups in total. The summed E-state index contributed by atoms with van der Waals surface area (Å²) in [7, 11) is 0. The lowest BCUT2D eigenvalue weighted by Gasteiger charge is -2.11. The van der Waals surface area contributed by atoms with Gasteiger partial charge >= 0.3 is 6.61 Å². The Morgan fingerprint density at radius 2 is 1.66 bits per heavy atom. The second-order valence-electron chi connectivity index (χ2n) is 7.00. The molecular weight excluding hydrogens is 416 g/mol. The number of nitrogens with one attached hydrogen (secondary N) is 1. The highest BCUT2D eigenvalue weighted by molar-refractivity contribution is 5.81. The molecule has 0 spiro atoms. The van der Waals surface area contributed by atoms with Crippen LogP contribution in [-0.4, -0.2) is 22.1 Å². The Bertz CT molecular complexity index is 1180. The Kier molecular flexibility index (Phi) is 6.60. The van der Waals surface area contributed by atoms with Gasteiger partial charge in [0.1, 0.15) is 30.5 Å². The van der Waals surface area contributed by atoms with Gasteiger partial charge in [-0.2, -0.15) is 8.78 Å². The normalized spacial score (nSPS) is 11.0.